The molecular formula is C29H33Cl2N3O5S. The van der Waals surface area contributed by atoms with Crippen LogP contribution in [0.2, 0.25) is 10.0 Å². The summed E-state index contributed by atoms with van der Waals surface area (Å²) in [5.74, 6) is -0.0894. The molecule has 8 nitrogen and oxygen atoms in total. The molecule has 0 bridgehead atoms. The first-order valence-corrected chi connectivity index (χ1v) is 14.9. The molecule has 0 fully saturated rings. The number of benzene rings is 3. The number of halogens is 2. The Kier molecular flexibility index (Phi) is 10.8. The summed E-state index contributed by atoms with van der Waals surface area (Å²) >= 11 is 12.5. The lowest BCUT2D eigenvalue weighted by atomic mass is 10.1. The summed E-state index contributed by atoms with van der Waals surface area (Å²) in [6.45, 7) is 5.44. The predicted molar refractivity (Wildman–Crippen MR) is 158 cm³/mol. The van der Waals surface area contributed by atoms with Crippen molar-refractivity contribution in [3.63, 3.8) is 0 Å². The van der Waals surface area contributed by atoms with E-state index < -0.39 is 28.5 Å². The number of ether oxygens (including phenoxy) is 1. The van der Waals surface area contributed by atoms with Gasteiger partial charge in [-0.05, 0) is 60.9 Å². The Morgan fingerprint density at radius 1 is 0.950 bits per heavy atom. The zero-order chi connectivity index (χ0) is 29.4. The van der Waals surface area contributed by atoms with Gasteiger partial charge in [0.2, 0.25) is 11.8 Å². The molecular weight excluding hydrogens is 573 g/mol. The van der Waals surface area contributed by atoms with E-state index in [2.05, 4.69) is 5.32 Å². The molecule has 214 valence electrons. The van der Waals surface area contributed by atoms with Gasteiger partial charge in [0.15, 0.2) is 0 Å². The zero-order valence-corrected chi connectivity index (χ0v) is 25.1. The Morgan fingerprint density at radius 2 is 1.60 bits per heavy atom. The third-order valence-electron chi connectivity index (χ3n) is 6.15. The van der Waals surface area contributed by atoms with Gasteiger partial charge in [-0.1, -0.05) is 67.4 Å². The minimum atomic E-state index is -4.23. The summed E-state index contributed by atoms with van der Waals surface area (Å²) in [7, 11) is -2.67. The standard InChI is InChI=1S/C29H33Cl2N3O5S/c1-20(2)17-32-29(36)21(3)33(18-22-10-13-24(39-4)14-11-22)28(35)19-34(27-15-12-23(30)16-26(27)31)40(37,38)25-8-6-5-7-9-25/h5-16,20-21H,17-19H2,1-4H3,(H,32,36)/t21-/m1/s1. The van der Waals surface area contributed by atoms with Crippen molar-refractivity contribution < 1.29 is 22.7 Å². The molecule has 0 aliphatic carbocycles. The van der Waals surface area contributed by atoms with E-state index in [1.807, 2.05) is 13.8 Å². The van der Waals surface area contributed by atoms with Gasteiger partial charge in [-0.15, -0.1) is 0 Å². The Morgan fingerprint density at radius 3 is 2.17 bits per heavy atom. The molecule has 0 spiro atoms. The lowest BCUT2D eigenvalue weighted by Crippen LogP contribution is -2.51. The number of amides is 2. The molecule has 40 heavy (non-hydrogen) atoms. The molecule has 3 aromatic rings. The average molecular weight is 607 g/mol. The highest BCUT2D eigenvalue weighted by Gasteiger charge is 2.33. The molecule has 3 aromatic carbocycles. The zero-order valence-electron chi connectivity index (χ0n) is 22.8. The Balaban J connectivity index is 2.02. The monoisotopic (exact) mass is 605 g/mol. The maximum atomic E-state index is 13.9. The number of nitrogens with zero attached hydrogens (tertiary/aromatic N) is 2. The lowest BCUT2D eigenvalue weighted by Gasteiger charge is -2.32. The van der Waals surface area contributed by atoms with Crippen LogP contribution in [0.25, 0.3) is 0 Å². The van der Waals surface area contributed by atoms with Crippen LogP contribution < -0.4 is 14.4 Å². The molecule has 11 heteroatoms. The van der Waals surface area contributed by atoms with Gasteiger partial charge in [0.25, 0.3) is 10.0 Å². The molecule has 1 atom stereocenters. The van der Waals surface area contributed by atoms with Gasteiger partial charge in [-0.2, -0.15) is 0 Å². The number of rotatable bonds is 12. The van der Waals surface area contributed by atoms with Gasteiger partial charge in [0.1, 0.15) is 18.3 Å². The molecule has 0 unspecified atom stereocenters. The fourth-order valence-electron chi connectivity index (χ4n) is 3.88. The van der Waals surface area contributed by atoms with Crippen molar-refractivity contribution in [2.75, 3.05) is 24.5 Å². The summed E-state index contributed by atoms with van der Waals surface area (Å²) in [6, 6.07) is 18.3. The van der Waals surface area contributed by atoms with Gasteiger partial charge >= 0.3 is 0 Å². The van der Waals surface area contributed by atoms with Crippen LogP contribution in [0.3, 0.4) is 0 Å². The number of methoxy groups -OCH3 is 1. The number of carbonyl (C=O) groups is 2. The number of nitrogens with one attached hydrogen (secondary N) is 1. The van der Waals surface area contributed by atoms with Gasteiger partial charge in [-0.3, -0.25) is 13.9 Å². The van der Waals surface area contributed by atoms with Crippen LogP contribution in [0.1, 0.15) is 26.3 Å². The van der Waals surface area contributed by atoms with Gasteiger partial charge < -0.3 is 15.0 Å². The van der Waals surface area contributed by atoms with Crippen molar-refractivity contribution in [1.82, 2.24) is 10.2 Å². The minimum Gasteiger partial charge on any atom is -0.497 e. The lowest BCUT2D eigenvalue weighted by molar-refractivity contribution is -0.139. The Hall–Kier alpha value is -3.27. The first-order chi connectivity index (χ1) is 18.9. The third kappa shape index (κ3) is 7.90. The van der Waals surface area contributed by atoms with Crippen LogP contribution in [-0.2, 0) is 26.2 Å². The normalized spacial score (nSPS) is 12.1. The number of hydrogen-bond acceptors (Lipinski definition) is 5. The maximum absolute atomic E-state index is 13.9. The van der Waals surface area contributed by atoms with Crippen molar-refractivity contribution in [3.05, 3.63) is 88.4 Å². The minimum absolute atomic E-state index is 0.0155. The van der Waals surface area contributed by atoms with E-state index in [1.165, 1.54) is 35.2 Å². The molecule has 2 amide bonds. The molecule has 0 heterocycles. The van der Waals surface area contributed by atoms with E-state index >= 15 is 0 Å². The number of anilines is 1. The molecule has 0 aromatic heterocycles. The van der Waals surface area contributed by atoms with Crippen molar-refractivity contribution in [2.24, 2.45) is 5.92 Å². The highest BCUT2D eigenvalue weighted by Crippen LogP contribution is 2.33. The topological polar surface area (TPSA) is 96.0 Å². The quantitative estimate of drug-likeness (QED) is 0.299. The average Bonchev–Trinajstić information content (AvgIpc) is 2.94. The molecule has 3 rings (SSSR count). The van der Waals surface area contributed by atoms with Crippen molar-refractivity contribution in [2.45, 2.75) is 38.3 Å². The largest absolute Gasteiger partial charge is 0.497 e. The first-order valence-electron chi connectivity index (χ1n) is 12.7. The van der Waals surface area contributed by atoms with E-state index in [9.17, 15) is 18.0 Å². The van der Waals surface area contributed by atoms with E-state index in [0.717, 1.165) is 9.87 Å². The van der Waals surface area contributed by atoms with Crippen LogP contribution in [0.15, 0.2) is 77.7 Å². The van der Waals surface area contributed by atoms with Crippen LogP contribution in [0.5, 0.6) is 5.75 Å². The molecule has 0 radical (unpaired) electrons. The van der Waals surface area contributed by atoms with Crippen molar-refractivity contribution >= 4 is 50.7 Å². The first kappa shape index (κ1) is 31.3. The predicted octanol–water partition coefficient (Wildman–Crippen LogP) is 5.39. The van der Waals surface area contributed by atoms with E-state index in [4.69, 9.17) is 27.9 Å². The van der Waals surface area contributed by atoms with Crippen molar-refractivity contribution in [3.8, 4) is 5.75 Å². The van der Waals surface area contributed by atoms with Gasteiger partial charge in [-0.25, -0.2) is 8.42 Å². The highest BCUT2D eigenvalue weighted by molar-refractivity contribution is 7.92. The van der Waals surface area contributed by atoms with Gasteiger partial charge in [0.05, 0.1) is 22.7 Å². The molecule has 1 N–H and O–H groups in total. The fraction of sp³-hybridized carbons (Fsp3) is 0.310. The smallest absolute Gasteiger partial charge is 0.264 e. The van der Waals surface area contributed by atoms with E-state index in [-0.39, 0.29) is 34.0 Å². The molecule has 0 aliphatic rings. The summed E-state index contributed by atoms with van der Waals surface area (Å²) in [4.78, 5) is 28.3. The second-order valence-corrected chi connectivity index (χ2v) is 12.3. The summed E-state index contributed by atoms with van der Waals surface area (Å²) in [6.07, 6.45) is 0. The van der Waals surface area contributed by atoms with E-state index in [0.29, 0.717) is 17.3 Å². The summed E-state index contributed by atoms with van der Waals surface area (Å²) in [5, 5.41) is 3.23. The third-order valence-corrected chi connectivity index (χ3v) is 8.46. The molecule has 0 saturated heterocycles. The second kappa shape index (κ2) is 13.9. The molecule has 0 aliphatic heterocycles. The van der Waals surface area contributed by atoms with Crippen molar-refractivity contribution in [1.29, 1.82) is 0 Å². The van der Waals surface area contributed by atoms with Crippen LogP contribution in [0.4, 0.5) is 5.69 Å². The van der Waals surface area contributed by atoms with Crippen LogP contribution >= 0.6 is 23.2 Å². The van der Waals surface area contributed by atoms with Crippen LogP contribution in [0, 0.1) is 5.92 Å². The SMILES string of the molecule is COc1ccc(CN(C(=O)CN(c2ccc(Cl)cc2Cl)S(=O)(=O)c2ccccc2)[C@H](C)C(=O)NCC(C)C)cc1. The van der Waals surface area contributed by atoms with E-state index in [1.54, 1.807) is 56.5 Å². The maximum Gasteiger partial charge on any atom is 0.264 e. The Labute approximate surface area is 245 Å². The highest BCUT2D eigenvalue weighted by atomic mass is 35.5. The number of hydrogen-bond donors (Lipinski definition) is 1. The molecule has 0 saturated carbocycles. The van der Waals surface area contributed by atoms with Crippen LogP contribution in [-0.4, -0.2) is 51.4 Å². The summed E-state index contributed by atoms with van der Waals surface area (Å²) < 4.78 is 33.8. The number of carbonyl (C=O) groups excluding carboxylic acids is 2. The summed E-state index contributed by atoms with van der Waals surface area (Å²) in [5.41, 5.74) is 0.823. The second-order valence-electron chi connectivity index (χ2n) is 9.61. The van der Waals surface area contributed by atoms with Gasteiger partial charge in [0, 0.05) is 18.1 Å². The number of sulfonamides is 1. The Bertz CT molecular complexity index is 1420. The fourth-order valence-corrected chi connectivity index (χ4v) is 5.89.